The summed E-state index contributed by atoms with van der Waals surface area (Å²) in [5.74, 6) is -2.12. The number of carbonyl (C=O) groups excluding carboxylic acids is 3. The van der Waals surface area contributed by atoms with Crippen molar-refractivity contribution in [3.63, 3.8) is 0 Å². The predicted molar refractivity (Wildman–Crippen MR) is 97.4 cm³/mol. The molecule has 0 aromatic carbocycles. The Morgan fingerprint density at radius 1 is 1.27 bits per heavy atom. The number of nitrogens with one attached hydrogen (secondary N) is 2. The average Bonchev–Trinajstić information content (AvgIpc) is 3.11. The van der Waals surface area contributed by atoms with E-state index >= 15 is 0 Å². The molecule has 1 saturated heterocycles. The van der Waals surface area contributed by atoms with Crippen molar-refractivity contribution in [3.05, 3.63) is 35.6 Å². The fourth-order valence-corrected chi connectivity index (χ4v) is 3.11. The highest BCUT2D eigenvalue weighted by Crippen LogP contribution is 2.23. The van der Waals surface area contributed by atoms with Crippen LogP contribution >= 0.6 is 11.3 Å². The Morgan fingerprint density at radius 2 is 1.92 bits per heavy atom. The number of piperidine rings is 1. The van der Waals surface area contributed by atoms with E-state index in [0.29, 0.717) is 0 Å². The third-order valence-corrected chi connectivity index (χ3v) is 4.67. The first-order valence-corrected chi connectivity index (χ1v) is 8.74. The fourth-order valence-electron chi connectivity index (χ4n) is 2.25. The Labute approximate surface area is 154 Å². The van der Waals surface area contributed by atoms with Gasteiger partial charge in [0.25, 0.3) is 11.8 Å². The van der Waals surface area contributed by atoms with Gasteiger partial charge >= 0.3 is 5.97 Å². The first kappa shape index (κ1) is 19.6. The maximum absolute atomic E-state index is 12.2. The molecular weight excluding hydrogens is 358 g/mol. The molecule has 140 valence electrons. The van der Waals surface area contributed by atoms with Crippen molar-refractivity contribution in [1.82, 2.24) is 15.6 Å². The van der Waals surface area contributed by atoms with E-state index in [9.17, 15) is 14.4 Å². The second-order valence-corrected chi connectivity index (χ2v) is 6.53. The average molecular weight is 379 g/mol. The number of ether oxygens (including phenoxy) is 1. The zero-order valence-electron chi connectivity index (χ0n) is 14.4. The van der Waals surface area contributed by atoms with E-state index in [1.807, 2.05) is 0 Å². The van der Waals surface area contributed by atoms with Crippen molar-refractivity contribution >= 4 is 34.3 Å². The van der Waals surface area contributed by atoms with Crippen LogP contribution in [0.25, 0.3) is 0 Å². The summed E-state index contributed by atoms with van der Waals surface area (Å²) in [5, 5.41) is 6.88. The van der Waals surface area contributed by atoms with Crippen LogP contribution in [0.5, 0.6) is 0 Å². The van der Waals surface area contributed by atoms with Crippen LogP contribution in [-0.2, 0) is 14.3 Å². The summed E-state index contributed by atoms with van der Waals surface area (Å²) in [6.45, 7) is 8.42. The van der Waals surface area contributed by atoms with Crippen LogP contribution in [0.15, 0.2) is 29.9 Å². The normalized spacial score (nSPS) is 14.5. The second-order valence-electron chi connectivity index (χ2n) is 5.70. The van der Waals surface area contributed by atoms with Crippen LogP contribution in [0.4, 0.5) is 5.13 Å². The molecule has 26 heavy (non-hydrogen) atoms. The minimum atomic E-state index is -0.789. The molecule has 9 nitrogen and oxygen atoms in total. The Morgan fingerprint density at radius 3 is 2.54 bits per heavy atom. The van der Waals surface area contributed by atoms with E-state index < -0.39 is 17.8 Å². The van der Waals surface area contributed by atoms with Gasteiger partial charge in [-0.25, -0.2) is 9.78 Å². The van der Waals surface area contributed by atoms with Crippen LogP contribution in [-0.4, -0.2) is 49.0 Å². The SMILES string of the molecule is C=C(NC(=O)c1csc(N2CCC(N)CC2)n1)C(=O)NC(=C)C(=O)OC. The monoisotopic (exact) mass is 379 g/mol. The zero-order chi connectivity index (χ0) is 19.3. The van der Waals surface area contributed by atoms with Crippen molar-refractivity contribution in [2.24, 2.45) is 5.73 Å². The highest BCUT2D eigenvalue weighted by molar-refractivity contribution is 7.13. The van der Waals surface area contributed by atoms with Gasteiger partial charge in [-0.05, 0) is 12.8 Å². The first-order chi connectivity index (χ1) is 12.3. The molecule has 0 spiro atoms. The van der Waals surface area contributed by atoms with Gasteiger partial charge in [-0.2, -0.15) is 0 Å². The van der Waals surface area contributed by atoms with Gasteiger partial charge in [-0.15, -0.1) is 11.3 Å². The summed E-state index contributed by atoms with van der Waals surface area (Å²) >= 11 is 1.35. The molecule has 1 fully saturated rings. The standard InChI is InChI=1S/C16H21N5O4S/c1-9(13(22)19-10(2)15(24)25-3)18-14(23)12-8-26-16(20-12)21-6-4-11(17)5-7-21/h8,11H,1-2,4-7,17H2,3H3,(H,18,23)(H,19,22). The van der Waals surface area contributed by atoms with Gasteiger partial charge in [-0.1, -0.05) is 13.2 Å². The number of anilines is 1. The molecule has 4 N–H and O–H groups in total. The van der Waals surface area contributed by atoms with E-state index in [0.717, 1.165) is 38.2 Å². The van der Waals surface area contributed by atoms with E-state index in [-0.39, 0.29) is 23.1 Å². The molecule has 2 heterocycles. The van der Waals surface area contributed by atoms with Gasteiger partial charge in [0.2, 0.25) is 0 Å². The number of nitrogens with zero attached hydrogens (tertiary/aromatic N) is 2. The van der Waals surface area contributed by atoms with Crippen LogP contribution in [0.3, 0.4) is 0 Å². The number of esters is 1. The molecule has 2 amide bonds. The fraction of sp³-hybridized carbons (Fsp3) is 0.375. The molecule has 0 radical (unpaired) electrons. The Balaban J connectivity index is 1.91. The number of methoxy groups -OCH3 is 1. The van der Waals surface area contributed by atoms with E-state index in [4.69, 9.17) is 5.73 Å². The van der Waals surface area contributed by atoms with Crippen molar-refractivity contribution in [2.45, 2.75) is 18.9 Å². The quantitative estimate of drug-likeness (QED) is 0.473. The van der Waals surface area contributed by atoms with Crippen molar-refractivity contribution in [1.29, 1.82) is 0 Å². The largest absolute Gasteiger partial charge is 0.464 e. The maximum Gasteiger partial charge on any atom is 0.353 e. The molecule has 1 aromatic rings. The van der Waals surface area contributed by atoms with Gasteiger partial charge in [0.1, 0.15) is 11.4 Å². The second kappa shape index (κ2) is 8.59. The van der Waals surface area contributed by atoms with Crippen molar-refractivity contribution in [2.75, 3.05) is 25.1 Å². The van der Waals surface area contributed by atoms with Gasteiger partial charge in [0, 0.05) is 24.5 Å². The lowest BCUT2D eigenvalue weighted by Gasteiger charge is -2.29. The van der Waals surface area contributed by atoms with E-state index in [2.05, 4.69) is 38.4 Å². The summed E-state index contributed by atoms with van der Waals surface area (Å²) in [4.78, 5) is 41.7. The molecule has 10 heteroatoms. The lowest BCUT2D eigenvalue weighted by molar-refractivity contribution is -0.137. The number of carbonyl (C=O) groups is 3. The lowest BCUT2D eigenvalue weighted by Crippen LogP contribution is -2.39. The minimum Gasteiger partial charge on any atom is -0.464 e. The van der Waals surface area contributed by atoms with Crippen LogP contribution < -0.4 is 21.3 Å². The van der Waals surface area contributed by atoms with E-state index in [1.54, 1.807) is 5.38 Å². The lowest BCUT2D eigenvalue weighted by atomic mass is 10.1. The molecule has 0 bridgehead atoms. The third kappa shape index (κ3) is 4.90. The third-order valence-electron chi connectivity index (χ3n) is 3.77. The number of aromatic nitrogens is 1. The number of nitrogens with two attached hydrogens (primary N) is 1. The van der Waals surface area contributed by atoms with Gasteiger partial charge in [-0.3, -0.25) is 9.59 Å². The Bertz CT molecular complexity index is 737. The van der Waals surface area contributed by atoms with Crippen LogP contribution in [0.2, 0.25) is 0 Å². The predicted octanol–water partition coefficient (Wildman–Crippen LogP) is 0.117. The minimum absolute atomic E-state index is 0.181. The zero-order valence-corrected chi connectivity index (χ0v) is 15.2. The van der Waals surface area contributed by atoms with Crippen molar-refractivity contribution < 1.29 is 19.1 Å². The Kier molecular flexibility index (Phi) is 6.47. The highest BCUT2D eigenvalue weighted by atomic mass is 32.1. The summed E-state index contributed by atoms with van der Waals surface area (Å²) in [7, 11) is 1.16. The molecular formula is C16H21N5O4S. The number of amides is 2. The van der Waals surface area contributed by atoms with Crippen molar-refractivity contribution in [3.8, 4) is 0 Å². The topological polar surface area (TPSA) is 127 Å². The molecule has 2 rings (SSSR count). The molecule has 0 unspecified atom stereocenters. The summed E-state index contributed by atoms with van der Waals surface area (Å²) in [6, 6.07) is 0.204. The van der Waals surface area contributed by atoms with E-state index in [1.165, 1.54) is 11.3 Å². The summed E-state index contributed by atoms with van der Waals surface area (Å²) in [6.07, 6.45) is 1.75. The maximum atomic E-state index is 12.2. The molecule has 1 aromatic heterocycles. The van der Waals surface area contributed by atoms with Gasteiger partial charge < -0.3 is 26.0 Å². The molecule has 0 aliphatic carbocycles. The smallest absolute Gasteiger partial charge is 0.353 e. The summed E-state index contributed by atoms with van der Waals surface area (Å²) in [5.41, 5.74) is 5.57. The molecule has 1 aliphatic rings. The van der Waals surface area contributed by atoms with Crippen LogP contribution in [0.1, 0.15) is 23.3 Å². The molecule has 0 saturated carbocycles. The first-order valence-electron chi connectivity index (χ1n) is 7.86. The van der Waals surface area contributed by atoms with Crippen LogP contribution in [0, 0.1) is 0 Å². The Hall–Kier alpha value is -2.72. The molecule has 0 atom stereocenters. The molecule has 1 aliphatic heterocycles. The number of rotatable bonds is 6. The number of hydrogen-bond acceptors (Lipinski definition) is 8. The van der Waals surface area contributed by atoms with Gasteiger partial charge in [0.05, 0.1) is 12.8 Å². The number of hydrogen-bond donors (Lipinski definition) is 3. The highest BCUT2D eigenvalue weighted by Gasteiger charge is 2.21. The number of thiazole rings is 1. The van der Waals surface area contributed by atoms with Gasteiger partial charge in [0.15, 0.2) is 5.13 Å². The summed E-state index contributed by atoms with van der Waals surface area (Å²) < 4.78 is 4.42.